The average Bonchev–Trinajstić information content (AvgIpc) is 2.70. The predicted molar refractivity (Wildman–Crippen MR) is 95.1 cm³/mol. The molecule has 2 rings (SSSR count). The highest BCUT2D eigenvalue weighted by Gasteiger charge is 2.14. The van der Waals surface area contributed by atoms with Gasteiger partial charge in [-0.1, -0.05) is 40.9 Å². The molecule has 9 heteroatoms. The standard InChI is InChI=1S/C13H12Cl3N5S/c1-7-8(5-18-19-13(17)22)12(16)21(20-7)6-9-10(14)3-2-4-11(9)15/h2-5H,6H2,1H3,(H3,17,19,22)/b18-5+. The first-order chi connectivity index (χ1) is 10.4. The van der Waals surface area contributed by atoms with E-state index in [2.05, 4.69) is 27.8 Å². The lowest BCUT2D eigenvalue weighted by Crippen LogP contribution is -2.24. The molecule has 1 aromatic carbocycles. The Kier molecular flexibility index (Phi) is 5.63. The summed E-state index contributed by atoms with van der Waals surface area (Å²) in [6.45, 7) is 2.17. The van der Waals surface area contributed by atoms with Crippen molar-refractivity contribution < 1.29 is 0 Å². The van der Waals surface area contributed by atoms with Crippen molar-refractivity contribution in [3.63, 3.8) is 0 Å². The van der Waals surface area contributed by atoms with Crippen LogP contribution in [0.25, 0.3) is 0 Å². The molecule has 1 aromatic heterocycles. The van der Waals surface area contributed by atoms with Crippen LogP contribution in [-0.2, 0) is 6.54 Å². The Morgan fingerprint density at radius 1 is 1.41 bits per heavy atom. The van der Waals surface area contributed by atoms with Crippen molar-refractivity contribution in [3.8, 4) is 0 Å². The lowest BCUT2D eigenvalue weighted by atomic mass is 10.2. The molecule has 1 heterocycles. The molecule has 0 atom stereocenters. The first-order valence-corrected chi connectivity index (χ1v) is 7.68. The van der Waals surface area contributed by atoms with E-state index < -0.39 is 0 Å². The molecule has 0 spiro atoms. The predicted octanol–water partition coefficient (Wildman–Crippen LogP) is 3.37. The van der Waals surface area contributed by atoms with Gasteiger partial charge in [0.15, 0.2) is 5.11 Å². The molecule has 2 aromatic rings. The van der Waals surface area contributed by atoms with Crippen LogP contribution in [0, 0.1) is 6.92 Å². The molecule has 0 fully saturated rings. The lowest BCUT2D eigenvalue weighted by molar-refractivity contribution is 0.680. The first-order valence-electron chi connectivity index (χ1n) is 6.14. The van der Waals surface area contributed by atoms with E-state index in [1.807, 2.05) is 6.92 Å². The molecule has 0 amide bonds. The van der Waals surface area contributed by atoms with Crippen molar-refractivity contribution >= 4 is 58.3 Å². The van der Waals surface area contributed by atoms with E-state index in [1.165, 1.54) is 6.21 Å². The largest absolute Gasteiger partial charge is 0.375 e. The number of nitrogens with zero attached hydrogens (tertiary/aromatic N) is 3. The molecule has 0 bridgehead atoms. The lowest BCUT2D eigenvalue weighted by Gasteiger charge is -2.08. The molecule has 0 aliphatic heterocycles. The van der Waals surface area contributed by atoms with E-state index >= 15 is 0 Å². The SMILES string of the molecule is Cc1nn(Cc2c(Cl)cccc2Cl)c(Cl)c1/C=N/NC(N)=S. The van der Waals surface area contributed by atoms with E-state index in [-0.39, 0.29) is 5.11 Å². The number of rotatable bonds is 4. The van der Waals surface area contributed by atoms with Crippen molar-refractivity contribution in [3.05, 3.63) is 50.2 Å². The molecule has 0 unspecified atom stereocenters. The number of hydrazone groups is 1. The van der Waals surface area contributed by atoms with Crippen molar-refractivity contribution in [1.82, 2.24) is 15.2 Å². The molecular formula is C13H12Cl3N5S. The summed E-state index contributed by atoms with van der Waals surface area (Å²) in [6, 6.07) is 5.31. The van der Waals surface area contributed by atoms with E-state index in [0.29, 0.717) is 33.0 Å². The third-order valence-electron chi connectivity index (χ3n) is 2.85. The summed E-state index contributed by atoms with van der Waals surface area (Å²) in [5.74, 6) is 0. The molecule has 3 N–H and O–H groups in total. The molecule has 22 heavy (non-hydrogen) atoms. The van der Waals surface area contributed by atoms with Crippen molar-refractivity contribution in [2.75, 3.05) is 0 Å². The van der Waals surface area contributed by atoms with Gasteiger partial charge in [0.1, 0.15) is 5.15 Å². The molecule has 116 valence electrons. The zero-order chi connectivity index (χ0) is 16.3. The molecular weight excluding hydrogens is 365 g/mol. The maximum Gasteiger partial charge on any atom is 0.184 e. The van der Waals surface area contributed by atoms with Gasteiger partial charge in [0.05, 0.1) is 24.0 Å². The quantitative estimate of drug-likeness (QED) is 0.488. The Balaban J connectivity index is 2.30. The van der Waals surface area contributed by atoms with E-state index in [0.717, 1.165) is 5.56 Å². The monoisotopic (exact) mass is 375 g/mol. The summed E-state index contributed by atoms with van der Waals surface area (Å²) in [4.78, 5) is 0. The Morgan fingerprint density at radius 3 is 2.64 bits per heavy atom. The van der Waals surface area contributed by atoms with Gasteiger partial charge < -0.3 is 5.73 Å². The Bertz CT molecular complexity index is 721. The Hall–Kier alpha value is -1.34. The number of aromatic nitrogens is 2. The zero-order valence-electron chi connectivity index (χ0n) is 11.5. The van der Waals surface area contributed by atoms with E-state index in [4.69, 9.17) is 40.5 Å². The highest BCUT2D eigenvalue weighted by molar-refractivity contribution is 7.80. The van der Waals surface area contributed by atoms with Crippen molar-refractivity contribution in [2.45, 2.75) is 13.5 Å². The van der Waals surface area contributed by atoms with E-state index in [1.54, 1.807) is 22.9 Å². The second kappa shape index (κ2) is 7.28. The number of benzene rings is 1. The van der Waals surface area contributed by atoms with Crippen LogP contribution >= 0.6 is 47.0 Å². The minimum Gasteiger partial charge on any atom is -0.375 e. The van der Waals surface area contributed by atoms with Gasteiger partial charge in [0.2, 0.25) is 0 Å². The number of nitrogens with one attached hydrogen (secondary N) is 1. The van der Waals surface area contributed by atoms with Gasteiger partial charge in [-0.2, -0.15) is 10.2 Å². The smallest absolute Gasteiger partial charge is 0.184 e. The maximum absolute atomic E-state index is 6.33. The topological polar surface area (TPSA) is 68.2 Å². The van der Waals surface area contributed by atoms with Gasteiger partial charge in [0.25, 0.3) is 0 Å². The van der Waals surface area contributed by atoms with Gasteiger partial charge in [-0.3, -0.25) is 5.43 Å². The summed E-state index contributed by atoms with van der Waals surface area (Å²) < 4.78 is 1.60. The van der Waals surface area contributed by atoms with Crippen LogP contribution in [0.15, 0.2) is 23.3 Å². The molecule has 0 aliphatic carbocycles. The van der Waals surface area contributed by atoms with Crippen LogP contribution in [0.1, 0.15) is 16.8 Å². The van der Waals surface area contributed by atoms with Gasteiger partial charge in [-0.25, -0.2) is 4.68 Å². The number of thiocarbonyl (C=S) groups is 1. The second-order valence-corrected chi connectivity index (χ2v) is 5.99. The molecule has 0 aliphatic rings. The Morgan fingerprint density at radius 2 is 2.05 bits per heavy atom. The van der Waals surface area contributed by atoms with Gasteiger partial charge >= 0.3 is 0 Å². The normalized spacial score (nSPS) is 11.1. The van der Waals surface area contributed by atoms with Crippen LogP contribution in [0.5, 0.6) is 0 Å². The summed E-state index contributed by atoms with van der Waals surface area (Å²) in [5, 5.41) is 9.86. The maximum atomic E-state index is 6.33. The fourth-order valence-electron chi connectivity index (χ4n) is 1.81. The zero-order valence-corrected chi connectivity index (χ0v) is 14.6. The fraction of sp³-hybridized carbons (Fsp3) is 0.154. The summed E-state index contributed by atoms with van der Waals surface area (Å²) >= 11 is 23.3. The van der Waals surface area contributed by atoms with Gasteiger partial charge in [-0.15, -0.1) is 0 Å². The molecule has 0 radical (unpaired) electrons. The summed E-state index contributed by atoms with van der Waals surface area (Å²) in [6.07, 6.45) is 1.51. The van der Waals surface area contributed by atoms with Crippen LogP contribution in [0.3, 0.4) is 0 Å². The number of hydrogen-bond acceptors (Lipinski definition) is 3. The van der Waals surface area contributed by atoms with Crippen LogP contribution in [-0.4, -0.2) is 21.1 Å². The van der Waals surface area contributed by atoms with Crippen LogP contribution in [0.2, 0.25) is 15.2 Å². The highest BCUT2D eigenvalue weighted by Crippen LogP contribution is 2.27. The number of halogens is 3. The van der Waals surface area contributed by atoms with Gasteiger partial charge in [0, 0.05) is 15.6 Å². The average molecular weight is 377 g/mol. The minimum absolute atomic E-state index is 0.0697. The van der Waals surface area contributed by atoms with Crippen LogP contribution < -0.4 is 11.2 Å². The van der Waals surface area contributed by atoms with Crippen molar-refractivity contribution in [2.24, 2.45) is 10.8 Å². The van der Waals surface area contributed by atoms with Gasteiger partial charge in [-0.05, 0) is 31.3 Å². The highest BCUT2D eigenvalue weighted by atomic mass is 35.5. The molecule has 0 saturated heterocycles. The minimum atomic E-state index is 0.0697. The van der Waals surface area contributed by atoms with E-state index in [9.17, 15) is 0 Å². The number of hydrogen-bond donors (Lipinski definition) is 2. The number of nitrogens with two attached hydrogens (primary N) is 1. The third kappa shape index (κ3) is 3.89. The Labute approximate surface area is 148 Å². The van der Waals surface area contributed by atoms with Crippen molar-refractivity contribution in [1.29, 1.82) is 0 Å². The first kappa shape index (κ1) is 17.0. The third-order valence-corrected chi connectivity index (χ3v) is 4.05. The summed E-state index contributed by atoms with van der Waals surface area (Å²) in [7, 11) is 0. The fourth-order valence-corrected chi connectivity index (χ4v) is 2.66. The summed E-state index contributed by atoms with van der Waals surface area (Å²) in [5.41, 5.74) is 9.88. The second-order valence-electron chi connectivity index (χ2n) is 4.38. The molecule has 0 saturated carbocycles. The number of aryl methyl sites for hydroxylation is 1. The van der Waals surface area contributed by atoms with Crippen LogP contribution in [0.4, 0.5) is 0 Å². The molecule has 5 nitrogen and oxygen atoms in total.